The van der Waals surface area contributed by atoms with Gasteiger partial charge in [0.05, 0.1) is 26.0 Å². The van der Waals surface area contributed by atoms with Crippen LogP contribution in [0.25, 0.3) is 11.3 Å². The van der Waals surface area contributed by atoms with Crippen molar-refractivity contribution in [2.45, 2.75) is 37.9 Å². The second-order valence-electron chi connectivity index (χ2n) is 6.95. The molecule has 3 heterocycles. The van der Waals surface area contributed by atoms with Gasteiger partial charge in [0, 0.05) is 17.1 Å². The number of benzene rings is 1. The summed E-state index contributed by atoms with van der Waals surface area (Å²) in [6.07, 6.45) is 0.463. The molecular formula is C19H20F2N4O4S. The number of ether oxygens (including phenoxy) is 2. The summed E-state index contributed by atoms with van der Waals surface area (Å²) in [7, 11) is 0. The zero-order chi connectivity index (χ0) is 21.3. The van der Waals surface area contributed by atoms with Gasteiger partial charge < -0.3 is 19.7 Å². The van der Waals surface area contributed by atoms with E-state index in [-0.39, 0.29) is 30.0 Å². The van der Waals surface area contributed by atoms with Gasteiger partial charge >= 0.3 is 0 Å². The molecule has 0 spiro atoms. The van der Waals surface area contributed by atoms with Crippen LogP contribution in [0, 0.1) is 18.6 Å². The van der Waals surface area contributed by atoms with E-state index >= 15 is 0 Å². The number of hydrogen-bond donors (Lipinski definition) is 2. The number of thiazole rings is 1. The van der Waals surface area contributed by atoms with Crippen molar-refractivity contribution < 1.29 is 28.5 Å². The highest BCUT2D eigenvalue weighted by Gasteiger charge is 2.42. The molecule has 4 unspecified atom stereocenters. The van der Waals surface area contributed by atoms with E-state index in [1.165, 1.54) is 41.3 Å². The number of aliphatic hydroxyl groups is 2. The summed E-state index contributed by atoms with van der Waals surface area (Å²) in [6, 6.07) is 2.13. The Balaban J connectivity index is 1.62. The SMILES string of the molecule is Cc1ccc(-c2cn(C3C(OCc4nccs4)COC(CO)C3O)nn2)c(F)c1F. The van der Waals surface area contributed by atoms with Gasteiger partial charge in [-0.15, -0.1) is 16.4 Å². The van der Waals surface area contributed by atoms with Crippen LogP contribution in [0.4, 0.5) is 8.78 Å². The molecule has 1 aliphatic heterocycles. The third-order valence-electron chi connectivity index (χ3n) is 5.04. The molecular weight excluding hydrogens is 418 g/mol. The van der Waals surface area contributed by atoms with Gasteiger partial charge in [-0.1, -0.05) is 11.3 Å². The lowest BCUT2D eigenvalue weighted by molar-refractivity contribution is -0.184. The van der Waals surface area contributed by atoms with E-state index in [4.69, 9.17) is 9.47 Å². The third kappa shape index (κ3) is 3.98. The number of aliphatic hydroxyl groups excluding tert-OH is 2. The van der Waals surface area contributed by atoms with Gasteiger partial charge in [-0.3, -0.25) is 0 Å². The minimum Gasteiger partial charge on any atom is -0.394 e. The van der Waals surface area contributed by atoms with Crippen LogP contribution in [-0.4, -0.2) is 61.7 Å². The molecule has 2 aromatic heterocycles. The van der Waals surface area contributed by atoms with Crippen LogP contribution >= 0.6 is 11.3 Å². The van der Waals surface area contributed by atoms with Gasteiger partial charge in [-0.2, -0.15) is 0 Å². The van der Waals surface area contributed by atoms with Crippen molar-refractivity contribution >= 4 is 11.3 Å². The highest BCUT2D eigenvalue weighted by atomic mass is 32.1. The molecule has 1 aliphatic rings. The van der Waals surface area contributed by atoms with Crippen LogP contribution in [0.15, 0.2) is 29.9 Å². The Kier molecular flexibility index (Phi) is 6.16. The second kappa shape index (κ2) is 8.82. The molecule has 0 amide bonds. The van der Waals surface area contributed by atoms with Crippen molar-refractivity contribution in [3.8, 4) is 11.3 Å². The van der Waals surface area contributed by atoms with E-state index < -0.39 is 42.6 Å². The molecule has 0 saturated carbocycles. The van der Waals surface area contributed by atoms with E-state index in [9.17, 15) is 19.0 Å². The number of aromatic nitrogens is 4. The lowest BCUT2D eigenvalue weighted by Crippen LogP contribution is -2.52. The van der Waals surface area contributed by atoms with E-state index in [0.29, 0.717) is 0 Å². The lowest BCUT2D eigenvalue weighted by atomic mass is 9.97. The zero-order valence-corrected chi connectivity index (χ0v) is 16.8. The fraction of sp³-hybridized carbons (Fsp3) is 0.421. The Morgan fingerprint density at radius 3 is 2.90 bits per heavy atom. The van der Waals surface area contributed by atoms with E-state index in [1.54, 1.807) is 6.20 Å². The molecule has 4 atom stereocenters. The second-order valence-corrected chi connectivity index (χ2v) is 7.93. The van der Waals surface area contributed by atoms with Gasteiger partial charge in [0.25, 0.3) is 0 Å². The average Bonchev–Trinajstić information content (AvgIpc) is 3.43. The van der Waals surface area contributed by atoms with Crippen molar-refractivity contribution in [3.63, 3.8) is 0 Å². The number of rotatable bonds is 6. The Labute approximate surface area is 174 Å². The first-order chi connectivity index (χ1) is 14.5. The van der Waals surface area contributed by atoms with E-state index in [2.05, 4.69) is 15.3 Å². The Morgan fingerprint density at radius 2 is 2.17 bits per heavy atom. The van der Waals surface area contributed by atoms with Crippen molar-refractivity contribution in [1.29, 1.82) is 0 Å². The Morgan fingerprint density at radius 1 is 1.33 bits per heavy atom. The molecule has 8 nitrogen and oxygen atoms in total. The summed E-state index contributed by atoms with van der Waals surface area (Å²) in [4.78, 5) is 4.16. The maximum atomic E-state index is 14.4. The largest absolute Gasteiger partial charge is 0.394 e. The lowest BCUT2D eigenvalue weighted by Gasteiger charge is -2.39. The molecule has 1 aromatic carbocycles. The maximum absolute atomic E-state index is 14.4. The van der Waals surface area contributed by atoms with Crippen molar-refractivity contribution in [2.24, 2.45) is 0 Å². The molecule has 1 fully saturated rings. The van der Waals surface area contributed by atoms with E-state index in [1.807, 2.05) is 5.38 Å². The fourth-order valence-corrected chi connectivity index (χ4v) is 3.92. The first-order valence-corrected chi connectivity index (χ1v) is 10.1. The van der Waals surface area contributed by atoms with E-state index in [0.717, 1.165) is 5.01 Å². The summed E-state index contributed by atoms with van der Waals surface area (Å²) in [5.74, 6) is -1.96. The monoisotopic (exact) mass is 438 g/mol. The molecule has 0 aliphatic carbocycles. The zero-order valence-electron chi connectivity index (χ0n) is 16.0. The molecule has 3 aromatic rings. The Bertz CT molecular complexity index is 1000. The standard InChI is InChI=1S/C19H20F2N4O4S/c1-10-2-3-11(17(21)16(10)20)12-6-25(24-23-12)18-14(8-28-13(7-26)19(18)27)29-9-15-22-4-5-30-15/h2-6,13-14,18-19,26-27H,7-9H2,1H3. The topological polar surface area (TPSA) is 103 Å². The molecule has 11 heteroatoms. The number of halogens is 2. The average molecular weight is 438 g/mol. The van der Waals surface area contributed by atoms with Crippen LogP contribution in [-0.2, 0) is 16.1 Å². The number of nitrogens with zero attached hydrogens (tertiary/aromatic N) is 4. The molecule has 2 N–H and O–H groups in total. The van der Waals surface area contributed by atoms with Gasteiger partial charge in [0.2, 0.25) is 0 Å². The first-order valence-electron chi connectivity index (χ1n) is 9.27. The number of aryl methyl sites for hydroxylation is 1. The number of hydrogen-bond acceptors (Lipinski definition) is 8. The highest BCUT2D eigenvalue weighted by molar-refractivity contribution is 7.09. The first kappa shape index (κ1) is 20.9. The summed E-state index contributed by atoms with van der Waals surface area (Å²) in [5.41, 5.74) is 0.263. The molecule has 30 heavy (non-hydrogen) atoms. The molecule has 0 radical (unpaired) electrons. The molecule has 1 saturated heterocycles. The summed E-state index contributed by atoms with van der Waals surface area (Å²) in [6.45, 7) is 1.38. The van der Waals surface area contributed by atoms with Gasteiger partial charge in [0.1, 0.15) is 35.1 Å². The molecule has 160 valence electrons. The minimum atomic E-state index is -1.15. The van der Waals surface area contributed by atoms with Crippen LogP contribution in [0.2, 0.25) is 0 Å². The molecule has 4 rings (SSSR count). The van der Waals surface area contributed by atoms with Crippen molar-refractivity contribution in [3.05, 3.63) is 52.1 Å². The van der Waals surface area contributed by atoms with Gasteiger partial charge in [-0.25, -0.2) is 18.4 Å². The summed E-state index contributed by atoms with van der Waals surface area (Å²) < 4.78 is 41.0. The molecule has 0 bridgehead atoms. The Hall–Kier alpha value is -2.31. The normalized spacial score (nSPS) is 24.3. The van der Waals surface area contributed by atoms with Crippen molar-refractivity contribution in [2.75, 3.05) is 13.2 Å². The minimum absolute atomic E-state index is 0.0372. The van der Waals surface area contributed by atoms with Crippen LogP contribution in [0.3, 0.4) is 0 Å². The van der Waals surface area contributed by atoms with Gasteiger partial charge in [0.15, 0.2) is 11.6 Å². The summed E-state index contributed by atoms with van der Waals surface area (Å²) >= 11 is 1.43. The van der Waals surface area contributed by atoms with Crippen molar-refractivity contribution in [1.82, 2.24) is 20.0 Å². The quantitative estimate of drug-likeness (QED) is 0.606. The third-order valence-corrected chi connectivity index (χ3v) is 5.79. The smallest absolute Gasteiger partial charge is 0.168 e. The fourth-order valence-electron chi connectivity index (χ4n) is 3.38. The van der Waals surface area contributed by atoms with Crippen LogP contribution in [0.5, 0.6) is 0 Å². The van der Waals surface area contributed by atoms with Gasteiger partial charge in [-0.05, 0) is 18.6 Å². The summed E-state index contributed by atoms with van der Waals surface area (Å²) in [5, 5.41) is 30.8. The highest BCUT2D eigenvalue weighted by Crippen LogP contribution is 2.31. The predicted octanol–water partition coefficient (Wildman–Crippen LogP) is 1.87. The maximum Gasteiger partial charge on any atom is 0.168 e. The van der Waals surface area contributed by atoms with Crippen LogP contribution < -0.4 is 0 Å². The predicted molar refractivity (Wildman–Crippen MR) is 103 cm³/mol. The van der Waals surface area contributed by atoms with Crippen LogP contribution in [0.1, 0.15) is 16.6 Å².